The Morgan fingerprint density at radius 1 is 1.21 bits per heavy atom. The Morgan fingerprint density at radius 2 is 1.90 bits per heavy atom. The molecule has 4 rings (SSSR count). The maximum absolute atomic E-state index is 12.8. The fourth-order valence-corrected chi connectivity index (χ4v) is 4.51. The number of carbonyl (C=O) groups excluding carboxylic acids is 1. The summed E-state index contributed by atoms with van der Waals surface area (Å²) in [5, 5.41) is 33.8. The number of phenols is 1. The number of phenolic OH excluding ortho intramolecular Hbond substituents is 1. The van der Waals surface area contributed by atoms with Crippen LogP contribution in [0.1, 0.15) is 11.8 Å². The molecule has 2 aromatic heterocycles. The van der Waals surface area contributed by atoms with Gasteiger partial charge in [0.2, 0.25) is 0 Å². The highest BCUT2D eigenvalue weighted by molar-refractivity contribution is 7.85. The smallest absolute Gasteiger partial charge is 0.388 e. The van der Waals surface area contributed by atoms with Crippen molar-refractivity contribution in [2.75, 3.05) is 12.3 Å². The summed E-state index contributed by atoms with van der Waals surface area (Å²) in [4.78, 5) is 19.8. The molecular weight excluding hydrogens is 552 g/mol. The first-order valence-corrected chi connectivity index (χ1v) is 12.5. The molecule has 0 saturated carbocycles. The van der Waals surface area contributed by atoms with Crippen molar-refractivity contribution in [1.29, 1.82) is 0 Å². The standard InChI is InChI=1S/C20H23F2N7O9S/c21-20(22)38-18-12-15(24)25-7-26-16(12)29(27-18)19-14(32)13(31)11(37-19)6-36-39(34,35)28-17(33)10(23)5-8-1-3-9(30)4-2-8/h1-4,7,10-11,13-14,19-20,30-32H,5-6,23H2,(H,28,33)(H2,24,25,26)/t10-,11+,13+,14+,19+/m0/s1. The third kappa shape index (κ3) is 6.29. The Labute approximate surface area is 218 Å². The number of rotatable bonds is 10. The zero-order valence-corrected chi connectivity index (χ0v) is 20.5. The Bertz CT molecular complexity index is 1440. The molecule has 39 heavy (non-hydrogen) atoms. The number of aliphatic hydroxyl groups excluding tert-OH is 2. The van der Waals surface area contributed by atoms with E-state index in [1.54, 1.807) is 4.72 Å². The van der Waals surface area contributed by atoms with E-state index < -0.39 is 65.9 Å². The van der Waals surface area contributed by atoms with Gasteiger partial charge < -0.3 is 36.3 Å². The number of hydrogen-bond acceptors (Lipinski definition) is 14. The predicted octanol–water partition coefficient (Wildman–Crippen LogP) is -1.72. The summed E-state index contributed by atoms with van der Waals surface area (Å²) in [7, 11) is -4.74. The number of alkyl halides is 2. The number of nitrogens with two attached hydrogens (primary N) is 2. The van der Waals surface area contributed by atoms with Crippen LogP contribution in [0.2, 0.25) is 0 Å². The number of nitrogen functional groups attached to an aromatic ring is 1. The van der Waals surface area contributed by atoms with Gasteiger partial charge >= 0.3 is 16.9 Å². The molecule has 5 atom stereocenters. The second kappa shape index (κ2) is 11.2. The molecule has 212 valence electrons. The molecule has 1 aromatic carbocycles. The van der Waals surface area contributed by atoms with Crippen LogP contribution in [0.3, 0.4) is 0 Å². The normalized spacial score (nSPS) is 22.3. The Kier molecular flexibility index (Phi) is 8.09. The minimum absolute atomic E-state index is 0.00324. The van der Waals surface area contributed by atoms with Crippen molar-refractivity contribution >= 4 is 33.1 Å². The zero-order chi connectivity index (χ0) is 28.5. The van der Waals surface area contributed by atoms with Crippen LogP contribution in [0, 0.1) is 0 Å². The number of carbonyl (C=O) groups is 1. The second-order valence-corrected chi connectivity index (χ2v) is 9.66. The third-order valence-electron chi connectivity index (χ3n) is 5.61. The van der Waals surface area contributed by atoms with Crippen molar-refractivity contribution in [3.63, 3.8) is 0 Å². The van der Waals surface area contributed by atoms with E-state index in [2.05, 4.69) is 19.8 Å². The van der Waals surface area contributed by atoms with Gasteiger partial charge in [0, 0.05) is 0 Å². The van der Waals surface area contributed by atoms with Gasteiger partial charge in [0.15, 0.2) is 11.9 Å². The largest absolute Gasteiger partial charge is 0.508 e. The summed E-state index contributed by atoms with van der Waals surface area (Å²) >= 11 is 0. The van der Waals surface area contributed by atoms with E-state index in [1.165, 1.54) is 24.3 Å². The maximum atomic E-state index is 12.8. The van der Waals surface area contributed by atoms with Crippen molar-refractivity contribution in [1.82, 2.24) is 24.5 Å². The van der Waals surface area contributed by atoms with E-state index >= 15 is 0 Å². The van der Waals surface area contributed by atoms with Crippen LogP contribution in [0.4, 0.5) is 14.6 Å². The molecule has 3 aromatic rings. The summed E-state index contributed by atoms with van der Waals surface area (Å²) in [6, 6.07) is 4.45. The quantitative estimate of drug-likeness (QED) is 0.157. The fraction of sp³-hybridized carbons (Fsp3) is 0.400. The monoisotopic (exact) mass is 575 g/mol. The van der Waals surface area contributed by atoms with E-state index in [-0.39, 0.29) is 29.0 Å². The van der Waals surface area contributed by atoms with Crippen molar-refractivity contribution < 1.29 is 51.0 Å². The van der Waals surface area contributed by atoms with Gasteiger partial charge in [0.05, 0.1) is 12.6 Å². The molecule has 8 N–H and O–H groups in total. The Morgan fingerprint density at radius 3 is 2.56 bits per heavy atom. The van der Waals surface area contributed by atoms with Crippen LogP contribution in [0.25, 0.3) is 11.0 Å². The summed E-state index contributed by atoms with van der Waals surface area (Å²) in [6.45, 7) is -4.16. The van der Waals surface area contributed by atoms with Crippen molar-refractivity contribution in [2.24, 2.45) is 5.73 Å². The first-order valence-electron chi connectivity index (χ1n) is 11.1. The highest BCUT2D eigenvalue weighted by Crippen LogP contribution is 2.36. The average molecular weight is 576 g/mol. The lowest BCUT2D eigenvalue weighted by Gasteiger charge is -2.16. The minimum atomic E-state index is -4.74. The number of hydrogen-bond donors (Lipinski definition) is 6. The first-order chi connectivity index (χ1) is 18.4. The topological polar surface area (TPSA) is 247 Å². The van der Waals surface area contributed by atoms with Crippen LogP contribution in [-0.4, -0.2) is 87.0 Å². The zero-order valence-electron chi connectivity index (χ0n) is 19.7. The fourth-order valence-electron chi connectivity index (χ4n) is 3.74. The molecule has 1 aliphatic rings. The molecular formula is C20H23F2N7O9S. The number of aliphatic hydroxyl groups is 2. The molecule has 1 fully saturated rings. The van der Waals surface area contributed by atoms with E-state index in [0.717, 1.165) is 11.0 Å². The number of amides is 1. The minimum Gasteiger partial charge on any atom is -0.508 e. The molecule has 1 amide bonds. The average Bonchev–Trinajstić information content (AvgIpc) is 3.36. The number of anilines is 1. The van der Waals surface area contributed by atoms with Gasteiger partial charge in [-0.25, -0.2) is 19.4 Å². The van der Waals surface area contributed by atoms with Crippen molar-refractivity contribution in [3.05, 3.63) is 36.2 Å². The van der Waals surface area contributed by atoms with Gasteiger partial charge in [-0.2, -0.15) is 17.2 Å². The molecule has 0 bridgehead atoms. The van der Waals surface area contributed by atoms with Gasteiger partial charge in [0.25, 0.3) is 11.8 Å². The number of fused-ring (bicyclic) bond motifs is 1. The summed E-state index contributed by atoms with van der Waals surface area (Å²) in [5.41, 5.74) is 11.8. The van der Waals surface area contributed by atoms with Gasteiger partial charge in [-0.3, -0.25) is 8.98 Å². The molecule has 0 unspecified atom stereocenters. The number of nitrogens with zero attached hydrogens (tertiary/aromatic N) is 4. The lowest BCUT2D eigenvalue weighted by atomic mass is 10.1. The van der Waals surface area contributed by atoms with E-state index in [0.29, 0.717) is 5.56 Å². The van der Waals surface area contributed by atoms with Crippen LogP contribution in [0.15, 0.2) is 30.6 Å². The number of nitrogens with one attached hydrogen (secondary N) is 1. The molecule has 0 spiro atoms. The number of ether oxygens (including phenoxy) is 2. The lowest BCUT2D eigenvalue weighted by Crippen LogP contribution is -2.45. The summed E-state index contributed by atoms with van der Waals surface area (Å²) in [6.07, 6.45) is -5.61. The summed E-state index contributed by atoms with van der Waals surface area (Å²) in [5.74, 6) is -2.03. The van der Waals surface area contributed by atoms with Gasteiger partial charge in [-0.1, -0.05) is 12.1 Å². The predicted molar refractivity (Wildman–Crippen MR) is 125 cm³/mol. The maximum Gasteiger partial charge on any atom is 0.388 e. The molecule has 16 nitrogen and oxygen atoms in total. The van der Waals surface area contributed by atoms with Gasteiger partial charge in [-0.05, 0) is 24.1 Å². The second-order valence-electron chi connectivity index (χ2n) is 8.31. The van der Waals surface area contributed by atoms with Crippen molar-refractivity contribution in [2.45, 2.75) is 43.6 Å². The van der Waals surface area contributed by atoms with E-state index in [9.17, 15) is 37.3 Å². The molecule has 1 aliphatic heterocycles. The highest BCUT2D eigenvalue weighted by Gasteiger charge is 2.46. The number of halogens is 2. The molecule has 0 aliphatic carbocycles. The van der Waals surface area contributed by atoms with Crippen LogP contribution in [-0.2, 0) is 30.4 Å². The van der Waals surface area contributed by atoms with E-state index in [4.69, 9.17) is 20.4 Å². The molecule has 3 heterocycles. The SMILES string of the molecule is Nc1ncnc2c1c(OC(F)F)nn2[C@@H]1O[C@H](COS(=O)(=O)NC(=O)[C@@H](N)Cc2ccc(O)cc2)[C@@H](O)[C@H]1O. The van der Waals surface area contributed by atoms with Crippen LogP contribution < -0.4 is 20.9 Å². The van der Waals surface area contributed by atoms with Crippen molar-refractivity contribution in [3.8, 4) is 11.6 Å². The third-order valence-corrected chi connectivity index (χ3v) is 6.50. The lowest BCUT2D eigenvalue weighted by molar-refractivity contribution is -0.120. The molecule has 0 radical (unpaired) electrons. The number of aromatic nitrogens is 4. The Hall–Kier alpha value is -3.75. The molecule has 1 saturated heterocycles. The number of aromatic hydroxyl groups is 1. The number of benzene rings is 1. The van der Waals surface area contributed by atoms with Gasteiger partial charge in [-0.15, -0.1) is 5.10 Å². The Balaban J connectivity index is 1.42. The van der Waals surface area contributed by atoms with Crippen LogP contribution in [0.5, 0.6) is 11.6 Å². The molecule has 19 heteroatoms. The van der Waals surface area contributed by atoms with E-state index in [1.807, 2.05) is 0 Å². The summed E-state index contributed by atoms with van der Waals surface area (Å²) < 4.78 is 67.3. The first kappa shape index (κ1) is 28.3. The highest BCUT2D eigenvalue weighted by atomic mass is 32.2. The van der Waals surface area contributed by atoms with Gasteiger partial charge in [0.1, 0.15) is 41.6 Å². The van der Waals surface area contributed by atoms with Crippen LogP contribution >= 0.6 is 0 Å².